The Hall–Kier alpha value is -3.30. The van der Waals surface area contributed by atoms with Crippen LogP contribution in [-0.4, -0.2) is 57.9 Å². The summed E-state index contributed by atoms with van der Waals surface area (Å²) in [5.74, 6) is -4.16. The second-order valence-corrected chi connectivity index (χ2v) is 11.1. The first-order chi connectivity index (χ1) is 20.2. The van der Waals surface area contributed by atoms with Gasteiger partial charge >= 0.3 is 0 Å². The molecule has 1 atom stereocenters. The monoisotopic (exact) mass is 528 g/mol. The highest BCUT2D eigenvalue weighted by atomic mass is 19.1. The van der Waals surface area contributed by atoms with Crippen molar-refractivity contribution in [3.8, 4) is 0 Å². The van der Waals surface area contributed by atoms with Gasteiger partial charge in [0.05, 0.1) is 13.9 Å². The van der Waals surface area contributed by atoms with E-state index in [0.717, 1.165) is 4.90 Å². The third-order valence-corrected chi connectivity index (χ3v) is 6.65. The van der Waals surface area contributed by atoms with Crippen LogP contribution in [0.2, 0.25) is 0 Å². The molecule has 38 heavy (non-hydrogen) atoms. The topological polar surface area (TPSA) is 91.0 Å². The van der Waals surface area contributed by atoms with Gasteiger partial charge in [0.1, 0.15) is 11.9 Å². The van der Waals surface area contributed by atoms with Gasteiger partial charge in [-0.2, -0.15) is 0 Å². The Kier molecular flexibility index (Phi) is 5.08. The maximum absolute atomic E-state index is 15.1. The number of fused-ring (bicyclic) bond motifs is 1. The molecular weight excluding hydrogens is 487 g/mol. The van der Waals surface area contributed by atoms with E-state index in [1.165, 1.54) is 30.3 Å². The first-order valence-electron chi connectivity index (χ1n) is 15.4. The number of amides is 3. The number of piperidine rings is 1. The van der Waals surface area contributed by atoms with E-state index < -0.39 is 60.0 Å². The van der Waals surface area contributed by atoms with E-state index in [2.05, 4.69) is 10.2 Å². The minimum atomic E-state index is -3.10. The van der Waals surface area contributed by atoms with Crippen LogP contribution in [0.1, 0.15) is 75.7 Å². The van der Waals surface area contributed by atoms with E-state index in [9.17, 15) is 14.4 Å². The van der Waals surface area contributed by atoms with Crippen LogP contribution in [0.5, 0.6) is 0 Å². The van der Waals surface area contributed by atoms with E-state index in [1.807, 2.05) is 33.0 Å². The molecule has 1 unspecified atom stereocenters. The Morgan fingerprint density at radius 2 is 1.89 bits per heavy atom. The number of morpholine rings is 1. The number of carbonyl (C=O) groups excluding carboxylic acids is 3. The fraction of sp³-hybridized carbons (Fsp3) is 0.483. The number of nitrogens with zero attached hydrogens (tertiary/aromatic N) is 2. The number of halogens is 1. The van der Waals surface area contributed by atoms with Gasteiger partial charge in [0.15, 0.2) is 0 Å². The number of nitrogens with one attached hydrogen (secondary N) is 2. The SMILES string of the molecule is [2H]C([2H])(Nc1cccc2c1CN(C1C(=O)NC(=O)C([2H])([2H])C1([2H])[2H])C2=O)c1cc(CN2CC(C)(C)OC(C)(C)C2)ccc1F. The molecular formula is C29H35FN4O4. The lowest BCUT2D eigenvalue weighted by molar-refractivity contribution is -0.182. The van der Waals surface area contributed by atoms with Gasteiger partial charge in [0.25, 0.3) is 5.91 Å². The van der Waals surface area contributed by atoms with Crippen molar-refractivity contribution in [2.75, 3.05) is 18.4 Å². The highest BCUT2D eigenvalue weighted by Crippen LogP contribution is 2.33. The molecule has 0 bridgehead atoms. The summed E-state index contributed by atoms with van der Waals surface area (Å²) in [6.45, 7) is 6.83. The summed E-state index contributed by atoms with van der Waals surface area (Å²) in [6, 6.07) is 6.66. The average molecular weight is 529 g/mol. The van der Waals surface area contributed by atoms with Gasteiger partial charge in [-0.1, -0.05) is 12.1 Å². The number of benzene rings is 2. The first-order valence-corrected chi connectivity index (χ1v) is 12.4. The molecule has 3 heterocycles. The zero-order valence-corrected chi connectivity index (χ0v) is 21.8. The van der Waals surface area contributed by atoms with Gasteiger partial charge in [0.2, 0.25) is 11.8 Å². The number of ether oxygens (including phenoxy) is 1. The standard InChI is InChI=1S/C29H35FN4O4/c1-28(2)16-33(17-29(3,4)38-28)14-18-8-9-22(30)19(12-18)13-31-23-7-5-6-20-21(23)15-34(27(20)37)24-10-11-25(35)32-26(24)36/h5-9,12,24,31H,10-11,13-17H2,1-4H3,(H,32,35,36)/i10D2,11D2,13D2. The van der Waals surface area contributed by atoms with Crippen LogP contribution in [0, 0.1) is 5.82 Å². The van der Waals surface area contributed by atoms with E-state index in [0.29, 0.717) is 25.2 Å². The fourth-order valence-electron chi connectivity index (χ4n) is 5.53. The van der Waals surface area contributed by atoms with Crippen LogP contribution in [0.15, 0.2) is 36.4 Å². The zero-order valence-electron chi connectivity index (χ0n) is 27.8. The number of rotatable bonds is 6. The molecule has 3 aliphatic rings. The molecule has 0 spiro atoms. The fourth-order valence-corrected chi connectivity index (χ4v) is 5.53. The zero-order chi connectivity index (χ0) is 32.6. The van der Waals surface area contributed by atoms with Gasteiger partial charge in [-0.3, -0.25) is 24.6 Å². The lowest BCUT2D eigenvalue weighted by Gasteiger charge is -2.47. The summed E-state index contributed by atoms with van der Waals surface area (Å²) in [7, 11) is 0. The van der Waals surface area contributed by atoms with Crippen LogP contribution in [0.3, 0.4) is 0 Å². The normalized spacial score (nSPS) is 28.2. The van der Waals surface area contributed by atoms with Crippen molar-refractivity contribution < 1.29 is 31.7 Å². The minimum absolute atomic E-state index is 0.0404. The summed E-state index contributed by atoms with van der Waals surface area (Å²) in [5.41, 5.74) is -0.00702. The first kappa shape index (κ1) is 19.7. The molecule has 5 rings (SSSR count). The molecule has 0 aromatic heterocycles. The summed E-state index contributed by atoms with van der Waals surface area (Å²) in [5, 5.41) is 4.50. The number of anilines is 1. The maximum Gasteiger partial charge on any atom is 0.255 e. The second kappa shape index (κ2) is 9.78. The molecule has 2 aromatic rings. The molecule has 202 valence electrons. The van der Waals surface area contributed by atoms with Crippen molar-refractivity contribution in [2.24, 2.45) is 0 Å². The van der Waals surface area contributed by atoms with Gasteiger partial charge in [-0.05, 0) is 63.9 Å². The van der Waals surface area contributed by atoms with E-state index in [1.54, 1.807) is 6.07 Å². The number of hydrogen-bond acceptors (Lipinski definition) is 6. The molecule has 0 radical (unpaired) electrons. The van der Waals surface area contributed by atoms with Crippen molar-refractivity contribution in [3.05, 3.63) is 64.5 Å². The van der Waals surface area contributed by atoms with Gasteiger partial charge in [-0.15, -0.1) is 0 Å². The smallest absolute Gasteiger partial charge is 0.255 e. The Labute approximate surface area is 230 Å². The van der Waals surface area contributed by atoms with Crippen LogP contribution in [0.25, 0.3) is 0 Å². The predicted octanol–water partition coefficient (Wildman–Crippen LogP) is 3.59. The van der Waals surface area contributed by atoms with Crippen molar-refractivity contribution in [1.82, 2.24) is 15.1 Å². The summed E-state index contributed by atoms with van der Waals surface area (Å²) in [4.78, 5) is 41.1. The van der Waals surface area contributed by atoms with Gasteiger partial charge in [0, 0.05) is 66.9 Å². The molecule has 0 saturated carbocycles. The largest absolute Gasteiger partial charge is 0.381 e. The Balaban J connectivity index is 1.41. The lowest BCUT2D eigenvalue weighted by atomic mass is 9.98. The van der Waals surface area contributed by atoms with E-state index in [-0.39, 0.29) is 28.9 Å². The van der Waals surface area contributed by atoms with E-state index >= 15 is 4.39 Å². The lowest BCUT2D eigenvalue weighted by Crippen LogP contribution is -2.56. The third-order valence-electron chi connectivity index (χ3n) is 6.65. The van der Waals surface area contributed by atoms with Crippen molar-refractivity contribution in [1.29, 1.82) is 0 Å². The van der Waals surface area contributed by atoms with Crippen molar-refractivity contribution in [2.45, 2.75) is 77.3 Å². The molecule has 3 aliphatic heterocycles. The van der Waals surface area contributed by atoms with Gasteiger partial charge < -0.3 is 15.0 Å². The maximum atomic E-state index is 15.1. The Morgan fingerprint density at radius 3 is 2.63 bits per heavy atom. The molecule has 2 aromatic carbocycles. The minimum Gasteiger partial charge on any atom is -0.381 e. The van der Waals surface area contributed by atoms with Crippen LogP contribution in [-0.2, 0) is 33.9 Å². The summed E-state index contributed by atoms with van der Waals surface area (Å²) >= 11 is 0. The number of hydrogen-bond donors (Lipinski definition) is 2. The van der Waals surface area contributed by atoms with Gasteiger partial charge in [-0.25, -0.2) is 4.39 Å². The highest BCUT2D eigenvalue weighted by Gasteiger charge is 2.40. The quantitative estimate of drug-likeness (QED) is 0.557. The third kappa shape index (κ3) is 5.44. The number of carbonyl (C=O) groups is 3. The molecule has 0 aliphatic carbocycles. The van der Waals surface area contributed by atoms with Crippen LogP contribution >= 0.6 is 0 Å². The molecule has 2 fully saturated rings. The summed E-state index contributed by atoms with van der Waals surface area (Å²) in [6.07, 6.45) is -6.16. The predicted molar refractivity (Wildman–Crippen MR) is 141 cm³/mol. The average Bonchev–Trinajstić information content (AvgIpc) is 3.19. The Bertz CT molecular complexity index is 1530. The highest BCUT2D eigenvalue weighted by molar-refractivity contribution is 6.06. The van der Waals surface area contributed by atoms with E-state index in [4.69, 9.17) is 13.0 Å². The molecule has 9 heteroatoms. The van der Waals surface area contributed by atoms with Crippen LogP contribution < -0.4 is 10.6 Å². The molecule has 8 nitrogen and oxygen atoms in total. The van der Waals surface area contributed by atoms with Crippen molar-refractivity contribution in [3.63, 3.8) is 0 Å². The summed E-state index contributed by atoms with van der Waals surface area (Å²) < 4.78 is 71.3. The van der Waals surface area contributed by atoms with Crippen molar-refractivity contribution >= 4 is 23.4 Å². The Morgan fingerprint density at radius 1 is 1.16 bits per heavy atom. The molecule has 3 amide bonds. The molecule has 2 N–H and O–H groups in total. The number of imide groups is 1. The second-order valence-electron chi connectivity index (χ2n) is 11.1. The van der Waals surface area contributed by atoms with Crippen LogP contribution in [0.4, 0.5) is 10.1 Å². The molecule has 2 saturated heterocycles.